The molecule has 0 spiro atoms. The van der Waals surface area contributed by atoms with Crippen LogP contribution in [0.1, 0.15) is 72.3 Å². The van der Waals surface area contributed by atoms with E-state index in [1.807, 2.05) is 29.2 Å². The molecule has 1 aliphatic rings. The number of carbonyl (C=O) groups excluding carboxylic acids is 3. The molecule has 1 aromatic rings. The van der Waals surface area contributed by atoms with Crippen molar-refractivity contribution in [2.75, 3.05) is 26.2 Å². The number of amides is 3. The highest BCUT2D eigenvalue weighted by Gasteiger charge is 2.27. The van der Waals surface area contributed by atoms with Gasteiger partial charge in [0.1, 0.15) is 11.4 Å². The molecule has 0 aromatic heterocycles. The fourth-order valence-electron chi connectivity index (χ4n) is 3.86. The molecule has 1 aromatic carbocycles. The highest BCUT2D eigenvalue weighted by atomic mass is 16.6. The smallest absolute Gasteiger partial charge is 0.407 e. The van der Waals surface area contributed by atoms with Crippen molar-refractivity contribution in [1.82, 2.24) is 15.5 Å². The minimum atomic E-state index is -0.564. The molecule has 1 atom stereocenters. The summed E-state index contributed by atoms with van der Waals surface area (Å²) in [7, 11) is 0. The number of hydrogen-bond donors (Lipinski definition) is 2. The van der Waals surface area contributed by atoms with Crippen LogP contribution in [-0.2, 0) is 14.3 Å². The number of para-hydroxylation sites is 1. The number of likely N-dealkylation sites (tertiary alicyclic amines) is 1. The van der Waals surface area contributed by atoms with E-state index in [4.69, 9.17) is 9.47 Å². The molecule has 34 heavy (non-hydrogen) atoms. The first kappa shape index (κ1) is 27.5. The highest BCUT2D eigenvalue weighted by Crippen LogP contribution is 2.27. The van der Waals surface area contributed by atoms with Gasteiger partial charge in [0.15, 0.2) is 6.10 Å². The molecule has 0 saturated carbocycles. The lowest BCUT2D eigenvalue weighted by Crippen LogP contribution is -2.46. The van der Waals surface area contributed by atoms with Crippen LogP contribution in [-0.4, -0.2) is 60.7 Å². The Morgan fingerprint density at radius 3 is 2.32 bits per heavy atom. The van der Waals surface area contributed by atoms with Crippen LogP contribution in [0, 0.1) is 5.92 Å². The number of rotatable bonds is 9. The number of ether oxygens (including phenoxy) is 2. The molecule has 0 aliphatic carbocycles. The first-order valence-corrected chi connectivity index (χ1v) is 12.2. The van der Waals surface area contributed by atoms with Gasteiger partial charge in [0.25, 0.3) is 5.91 Å². The standard InChI is InChI=1S/C26H41N3O5/c1-18(2)21-9-7-8-10-22(21)33-19(3)24(31)29-15-12-20(13-16-29)17-28-23(30)11-14-27-25(32)34-26(4,5)6/h7-10,18-20H,11-17H2,1-6H3,(H,27,32)(H,28,30). The van der Waals surface area contributed by atoms with Crippen molar-refractivity contribution in [3.63, 3.8) is 0 Å². The second kappa shape index (κ2) is 12.6. The minimum absolute atomic E-state index is 0.00531. The van der Waals surface area contributed by atoms with Crippen LogP contribution in [0.3, 0.4) is 0 Å². The molecule has 1 unspecified atom stereocenters. The molecule has 1 fully saturated rings. The fourth-order valence-corrected chi connectivity index (χ4v) is 3.86. The summed E-state index contributed by atoms with van der Waals surface area (Å²) >= 11 is 0. The molecule has 0 radical (unpaired) electrons. The van der Waals surface area contributed by atoms with E-state index in [1.54, 1.807) is 27.7 Å². The van der Waals surface area contributed by atoms with Gasteiger partial charge in [-0.2, -0.15) is 0 Å². The predicted molar refractivity (Wildman–Crippen MR) is 132 cm³/mol. The van der Waals surface area contributed by atoms with Crippen LogP contribution in [0.25, 0.3) is 0 Å². The summed E-state index contributed by atoms with van der Waals surface area (Å²) in [6.07, 6.45) is 0.787. The quantitative estimate of drug-likeness (QED) is 0.566. The normalized spacial score (nSPS) is 15.6. The third-order valence-corrected chi connectivity index (χ3v) is 5.73. The zero-order valence-electron chi connectivity index (χ0n) is 21.5. The Kier molecular flexibility index (Phi) is 10.2. The summed E-state index contributed by atoms with van der Waals surface area (Å²) in [5, 5.41) is 5.52. The molecular formula is C26H41N3O5. The summed E-state index contributed by atoms with van der Waals surface area (Å²) in [5.41, 5.74) is 0.531. The monoisotopic (exact) mass is 475 g/mol. The number of carbonyl (C=O) groups is 3. The van der Waals surface area contributed by atoms with Gasteiger partial charge in [-0.1, -0.05) is 32.0 Å². The Balaban J connectivity index is 1.68. The summed E-state index contributed by atoms with van der Waals surface area (Å²) in [4.78, 5) is 38.5. The summed E-state index contributed by atoms with van der Waals surface area (Å²) in [5.74, 6) is 1.29. The predicted octanol–water partition coefficient (Wildman–Crippen LogP) is 3.85. The largest absolute Gasteiger partial charge is 0.481 e. The third-order valence-electron chi connectivity index (χ3n) is 5.73. The molecule has 190 valence electrons. The summed E-state index contributed by atoms with van der Waals surface area (Å²) in [6, 6.07) is 7.85. The van der Waals surface area contributed by atoms with Crippen LogP contribution in [0.5, 0.6) is 5.75 Å². The third kappa shape index (κ3) is 9.23. The first-order valence-electron chi connectivity index (χ1n) is 12.2. The molecule has 8 heteroatoms. The van der Waals surface area contributed by atoms with E-state index in [0.717, 1.165) is 24.2 Å². The van der Waals surface area contributed by atoms with Crippen LogP contribution < -0.4 is 15.4 Å². The van der Waals surface area contributed by atoms with Crippen molar-refractivity contribution in [1.29, 1.82) is 0 Å². The fraction of sp³-hybridized carbons (Fsp3) is 0.654. The van der Waals surface area contributed by atoms with Gasteiger partial charge in [-0.3, -0.25) is 9.59 Å². The van der Waals surface area contributed by atoms with E-state index in [0.29, 0.717) is 31.5 Å². The Labute approximate surface area is 203 Å². The van der Waals surface area contributed by atoms with Gasteiger partial charge < -0.3 is 25.0 Å². The van der Waals surface area contributed by atoms with Gasteiger partial charge >= 0.3 is 6.09 Å². The summed E-state index contributed by atoms with van der Waals surface area (Å²) in [6.45, 7) is 13.5. The van der Waals surface area contributed by atoms with Crippen molar-refractivity contribution in [3.8, 4) is 5.75 Å². The first-order chi connectivity index (χ1) is 16.0. The van der Waals surface area contributed by atoms with Gasteiger partial charge in [0.2, 0.25) is 5.91 Å². The zero-order chi connectivity index (χ0) is 25.3. The Morgan fingerprint density at radius 1 is 1.06 bits per heavy atom. The second-order valence-corrected chi connectivity index (χ2v) is 10.2. The van der Waals surface area contributed by atoms with Gasteiger partial charge in [0, 0.05) is 32.6 Å². The van der Waals surface area contributed by atoms with Gasteiger partial charge in [0.05, 0.1) is 0 Å². The number of nitrogens with one attached hydrogen (secondary N) is 2. The number of piperidine rings is 1. The van der Waals surface area contributed by atoms with E-state index in [-0.39, 0.29) is 24.8 Å². The number of nitrogens with zero attached hydrogens (tertiary/aromatic N) is 1. The van der Waals surface area contributed by atoms with E-state index in [1.165, 1.54) is 0 Å². The van der Waals surface area contributed by atoms with E-state index < -0.39 is 17.8 Å². The van der Waals surface area contributed by atoms with Crippen LogP contribution in [0.2, 0.25) is 0 Å². The maximum atomic E-state index is 12.9. The Morgan fingerprint density at radius 2 is 1.71 bits per heavy atom. The number of alkyl carbamates (subject to hydrolysis) is 1. The van der Waals surface area contributed by atoms with Gasteiger partial charge in [-0.15, -0.1) is 0 Å². The SMILES string of the molecule is CC(Oc1ccccc1C(C)C)C(=O)N1CCC(CNC(=O)CCNC(=O)OC(C)(C)C)CC1. The average molecular weight is 476 g/mol. The molecule has 1 saturated heterocycles. The minimum Gasteiger partial charge on any atom is -0.481 e. The topological polar surface area (TPSA) is 97.0 Å². The van der Waals surface area contributed by atoms with Crippen LogP contribution in [0.4, 0.5) is 4.79 Å². The number of benzene rings is 1. The number of hydrogen-bond acceptors (Lipinski definition) is 5. The molecule has 1 heterocycles. The Hall–Kier alpha value is -2.77. The van der Waals surface area contributed by atoms with Crippen molar-refractivity contribution in [2.24, 2.45) is 5.92 Å². The maximum absolute atomic E-state index is 12.9. The lowest BCUT2D eigenvalue weighted by Gasteiger charge is -2.33. The molecule has 1 aliphatic heterocycles. The van der Waals surface area contributed by atoms with Crippen LogP contribution in [0.15, 0.2) is 24.3 Å². The lowest BCUT2D eigenvalue weighted by molar-refractivity contribution is -0.139. The average Bonchev–Trinajstić information content (AvgIpc) is 2.76. The van der Waals surface area contributed by atoms with E-state index in [9.17, 15) is 14.4 Å². The van der Waals surface area contributed by atoms with Crippen molar-refractivity contribution < 1.29 is 23.9 Å². The molecular weight excluding hydrogens is 434 g/mol. The molecule has 0 bridgehead atoms. The molecule has 2 N–H and O–H groups in total. The highest BCUT2D eigenvalue weighted by molar-refractivity contribution is 5.81. The van der Waals surface area contributed by atoms with Gasteiger partial charge in [-0.25, -0.2) is 4.79 Å². The van der Waals surface area contributed by atoms with Gasteiger partial charge in [-0.05, 0) is 64.0 Å². The lowest BCUT2D eigenvalue weighted by atomic mass is 9.96. The zero-order valence-corrected chi connectivity index (χ0v) is 21.5. The second-order valence-electron chi connectivity index (χ2n) is 10.2. The van der Waals surface area contributed by atoms with Crippen molar-refractivity contribution >= 4 is 17.9 Å². The molecule has 8 nitrogen and oxygen atoms in total. The van der Waals surface area contributed by atoms with Crippen molar-refractivity contribution in [3.05, 3.63) is 29.8 Å². The summed E-state index contributed by atoms with van der Waals surface area (Å²) < 4.78 is 11.2. The molecule has 3 amide bonds. The van der Waals surface area contributed by atoms with Crippen molar-refractivity contribution in [2.45, 2.75) is 78.4 Å². The van der Waals surface area contributed by atoms with E-state index >= 15 is 0 Å². The maximum Gasteiger partial charge on any atom is 0.407 e. The molecule has 2 rings (SSSR count). The Bertz CT molecular complexity index is 826. The van der Waals surface area contributed by atoms with Crippen LogP contribution >= 0.6 is 0 Å². The van der Waals surface area contributed by atoms with E-state index in [2.05, 4.69) is 24.5 Å².